The van der Waals surface area contributed by atoms with E-state index < -0.39 is 0 Å². The maximum atomic E-state index is 4.49. The Bertz CT molecular complexity index is 615. The summed E-state index contributed by atoms with van der Waals surface area (Å²) >= 11 is 0. The van der Waals surface area contributed by atoms with Crippen molar-refractivity contribution in [1.82, 2.24) is 35.0 Å². The molecular formula is C17H25N7. The number of hydrogen-bond donors (Lipinski definition) is 0. The van der Waals surface area contributed by atoms with E-state index in [0.717, 1.165) is 38.5 Å². The molecule has 3 aliphatic rings. The number of piperidine rings is 1. The summed E-state index contributed by atoms with van der Waals surface area (Å²) in [5.41, 5.74) is 1.18. The predicted octanol–water partition coefficient (Wildman–Crippen LogP) is 1.05. The van der Waals surface area contributed by atoms with Crippen molar-refractivity contribution < 1.29 is 0 Å². The first-order valence-corrected chi connectivity index (χ1v) is 8.94. The molecule has 7 nitrogen and oxygen atoms in total. The second-order valence-electron chi connectivity index (χ2n) is 7.03. The van der Waals surface area contributed by atoms with Crippen LogP contribution in [0.15, 0.2) is 30.7 Å². The summed E-state index contributed by atoms with van der Waals surface area (Å²) in [6, 6.07) is 6.89. The van der Waals surface area contributed by atoms with Crippen molar-refractivity contribution in [3.05, 3.63) is 36.4 Å². The second-order valence-corrected chi connectivity index (χ2v) is 7.03. The highest BCUT2D eigenvalue weighted by Crippen LogP contribution is 2.28. The average molecular weight is 327 g/mol. The monoisotopic (exact) mass is 327 g/mol. The lowest BCUT2D eigenvalue weighted by molar-refractivity contribution is 0.127. The first-order valence-electron chi connectivity index (χ1n) is 8.94. The van der Waals surface area contributed by atoms with Gasteiger partial charge in [-0.15, -0.1) is 5.10 Å². The van der Waals surface area contributed by atoms with E-state index in [1.165, 1.54) is 31.6 Å². The Hall–Kier alpha value is -1.86. The summed E-state index contributed by atoms with van der Waals surface area (Å²) in [6.07, 6.45) is 7.39. The molecule has 0 amide bonds. The van der Waals surface area contributed by atoms with E-state index >= 15 is 0 Å². The lowest BCUT2D eigenvalue weighted by Crippen LogP contribution is -2.44. The van der Waals surface area contributed by atoms with E-state index in [1.54, 1.807) is 6.33 Å². The molecule has 3 fully saturated rings. The van der Waals surface area contributed by atoms with Crippen LogP contribution in [0.2, 0.25) is 0 Å². The Morgan fingerprint density at radius 3 is 2.92 bits per heavy atom. The fraction of sp³-hybridized carbons (Fsp3) is 0.647. The summed E-state index contributed by atoms with van der Waals surface area (Å²) in [5.74, 6) is 0.792. The minimum atomic E-state index is 0.682. The van der Waals surface area contributed by atoms with Crippen LogP contribution in [0.1, 0.15) is 25.0 Å². The molecule has 2 aromatic heterocycles. The largest absolute Gasteiger partial charge is 0.299 e. The zero-order chi connectivity index (χ0) is 16.2. The maximum absolute atomic E-state index is 4.49. The lowest BCUT2D eigenvalue weighted by Gasteiger charge is -2.36. The molecule has 0 aromatic carbocycles. The molecule has 3 aliphatic heterocycles. The first kappa shape index (κ1) is 15.7. The summed E-state index contributed by atoms with van der Waals surface area (Å²) < 4.78 is 1.82. The van der Waals surface area contributed by atoms with E-state index in [2.05, 4.69) is 42.4 Å². The van der Waals surface area contributed by atoms with Crippen LogP contribution in [0.5, 0.6) is 0 Å². The first-order chi connectivity index (χ1) is 11.9. The van der Waals surface area contributed by atoms with Gasteiger partial charge in [-0.25, -0.2) is 4.68 Å². The van der Waals surface area contributed by atoms with Gasteiger partial charge in [0.1, 0.15) is 6.33 Å². The number of fused-ring (bicyclic) bond motifs is 4. The Morgan fingerprint density at radius 2 is 2.08 bits per heavy atom. The van der Waals surface area contributed by atoms with Gasteiger partial charge in [-0.05, 0) is 47.7 Å². The lowest BCUT2D eigenvalue weighted by atomic mass is 9.95. The molecule has 2 aromatic rings. The van der Waals surface area contributed by atoms with E-state index in [4.69, 9.17) is 0 Å². The Balaban J connectivity index is 1.32. The standard InChI is InChI=1S/C17H25N7/c1-2-7-18-16(4-1)12-22-10-15-5-6-17(13-22)23(11-15)8-3-9-24-14-19-20-21-24/h1-2,4,7,14-15,17H,3,5-6,8-13H2. The molecule has 0 aliphatic carbocycles. The van der Waals surface area contributed by atoms with Crippen LogP contribution in [0.3, 0.4) is 0 Å². The molecule has 3 saturated heterocycles. The summed E-state index contributed by atoms with van der Waals surface area (Å²) in [6.45, 7) is 6.62. The van der Waals surface area contributed by atoms with Crippen LogP contribution in [0.4, 0.5) is 0 Å². The highest BCUT2D eigenvalue weighted by Gasteiger charge is 2.34. The molecule has 2 unspecified atom stereocenters. The molecule has 0 saturated carbocycles. The van der Waals surface area contributed by atoms with E-state index in [-0.39, 0.29) is 0 Å². The minimum absolute atomic E-state index is 0.682. The smallest absolute Gasteiger partial charge is 0.138 e. The number of aromatic nitrogens is 5. The van der Waals surface area contributed by atoms with Crippen molar-refractivity contribution >= 4 is 0 Å². The molecule has 24 heavy (non-hydrogen) atoms. The van der Waals surface area contributed by atoms with Gasteiger partial charge in [-0.2, -0.15) is 0 Å². The van der Waals surface area contributed by atoms with Crippen LogP contribution < -0.4 is 0 Å². The minimum Gasteiger partial charge on any atom is -0.299 e. The van der Waals surface area contributed by atoms with Crippen molar-refractivity contribution in [2.24, 2.45) is 5.92 Å². The molecule has 128 valence electrons. The van der Waals surface area contributed by atoms with Crippen LogP contribution in [-0.2, 0) is 13.1 Å². The third kappa shape index (κ3) is 3.79. The number of tetrazole rings is 1. The van der Waals surface area contributed by atoms with Gasteiger partial charge in [0.25, 0.3) is 0 Å². The maximum Gasteiger partial charge on any atom is 0.138 e. The van der Waals surface area contributed by atoms with Gasteiger partial charge in [-0.3, -0.25) is 14.8 Å². The fourth-order valence-electron chi connectivity index (χ4n) is 4.12. The van der Waals surface area contributed by atoms with E-state index in [9.17, 15) is 0 Å². The quantitative estimate of drug-likeness (QED) is 0.790. The van der Waals surface area contributed by atoms with Crippen molar-refractivity contribution in [2.75, 3.05) is 26.2 Å². The van der Waals surface area contributed by atoms with Crippen molar-refractivity contribution in [1.29, 1.82) is 0 Å². The molecule has 7 heteroatoms. The third-order valence-corrected chi connectivity index (χ3v) is 5.24. The van der Waals surface area contributed by atoms with Crippen LogP contribution in [-0.4, -0.2) is 67.2 Å². The SMILES string of the molecule is c1ccc(CN2CC3CCC(C2)N(CCCn2cnnn2)C3)nc1. The van der Waals surface area contributed by atoms with Crippen molar-refractivity contribution in [2.45, 2.75) is 38.4 Å². The van der Waals surface area contributed by atoms with E-state index in [1.807, 2.05) is 16.9 Å². The van der Waals surface area contributed by atoms with Crippen LogP contribution >= 0.6 is 0 Å². The average Bonchev–Trinajstić information content (AvgIpc) is 2.97. The van der Waals surface area contributed by atoms with Gasteiger partial charge in [0.15, 0.2) is 0 Å². The molecule has 0 N–H and O–H groups in total. The molecule has 0 spiro atoms. The molecule has 2 bridgehead atoms. The molecule has 5 rings (SSSR count). The van der Waals surface area contributed by atoms with Gasteiger partial charge in [0.2, 0.25) is 0 Å². The van der Waals surface area contributed by atoms with Crippen molar-refractivity contribution in [3.8, 4) is 0 Å². The zero-order valence-electron chi connectivity index (χ0n) is 14.0. The number of hydrogen-bond acceptors (Lipinski definition) is 6. The highest BCUT2D eigenvalue weighted by atomic mass is 15.5. The number of nitrogens with zero attached hydrogens (tertiary/aromatic N) is 7. The predicted molar refractivity (Wildman–Crippen MR) is 90.0 cm³/mol. The van der Waals surface area contributed by atoms with Gasteiger partial charge in [0, 0.05) is 51.5 Å². The normalized spacial score (nSPS) is 25.0. The van der Waals surface area contributed by atoms with Gasteiger partial charge in [0.05, 0.1) is 5.69 Å². The fourth-order valence-corrected chi connectivity index (χ4v) is 4.12. The number of aryl methyl sites for hydroxylation is 1. The van der Waals surface area contributed by atoms with Gasteiger partial charge in [-0.1, -0.05) is 6.07 Å². The van der Waals surface area contributed by atoms with Crippen LogP contribution in [0.25, 0.3) is 0 Å². The van der Waals surface area contributed by atoms with Crippen LogP contribution in [0, 0.1) is 5.92 Å². The molecular weight excluding hydrogens is 302 g/mol. The topological polar surface area (TPSA) is 63.0 Å². The second kappa shape index (κ2) is 7.36. The summed E-state index contributed by atoms with van der Waals surface area (Å²) in [5, 5.41) is 11.3. The summed E-state index contributed by atoms with van der Waals surface area (Å²) in [4.78, 5) is 9.79. The van der Waals surface area contributed by atoms with Gasteiger partial charge < -0.3 is 0 Å². The Morgan fingerprint density at radius 1 is 1.08 bits per heavy atom. The number of pyridine rings is 1. The molecule has 2 atom stereocenters. The Labute approximate surface area is 142 Å². The molecule has 5 heterocycles. The third-order valence-electron chi connectivity index (χ3n) is 5.24. The van der Waals surface area contributed by atoms with E-state index in [0.29, 0.717) is 6.04 Å². The highest BCUT2D eigenvalue weighted by molar-refractivity contribution is 5.04. The zero-order valence-corrected chi connectivity index (χ0v) is 14.0. The molecule has 0 radical (unpaired) electrons. The van der Waals surface area contributed by atoms with Crippen molar-refractivity contribution in [3.63, 3.8) is 0 Å². The number of rotatable bonds is 6. The Kier molecular flexibility index (Phi) is 4.80. The van der Waals surface area contributed by atoms with Gasteiger partial charge >= 0.3 is 0 Å². The summed E-state index contributed by atoms with van der Waals surface area (Å²) in [7, 11) is 0.